The van der Waals surface area contributed by atoms with E-state index in [1.165, 1.54) is 0 Å². The van der Waals surface area contributed by atoms with Crippen LogP contribution in [0.3, 0.4) is 0 Å². The van der Waals surface area contributed by atoms with E-state index in [0.29, 0.717) is 12.4 Å². The highest BCUT2D eigenvalue weighted by Gasteiger charge is 2.29. The molecule has 64 valence electrons. The highest BCUT2D eigenvalue weighted by atomic mass is 35.5. The Kier molecular flexibility index (Phi) is 1.51. The predicted octanol–water partition coefficient (Wildman–Crippen LogP) is 1.55. The lowest BCUT2D eigenvalue weighted by Crippen LogP contribution is -2.37. The second-order valence-corrected chi connectivity index (χ2v) is 3.29. The van der Waals surface area contributed by atoms with Crippen LogP contribution in [0.4, 0.5) is 11.4 Å². The summed E-state index contributed by atoms with van der Waals surface area (Å²) in [4.78, 5) is 3.86. The number of hydroxylamine groups is 2. The highest BCUT2D eigenvalue weighted by molar-refractivity contribution is 6.32. The van der Waals surface area contributed by atoms with Crippen molar-refractivity contribution in [1.82, 2.24) is 9.63 Å². The molecule has 0 aromatic carbocycles. The van der Waals surface area contributed by atoms with Gasteiger partial charge in [0.2, 0.25) is 0 Å². The smallest absolute Gasteiger partial charge is 0.195 e. The normalized spacial score (nSPS) is 26.6. The van der Waals surface area contributed by atoms with Crippen LogP contribution in [0.1, 0.15) is 0 Å². The molecule has 0 fully saturated rings. The minimum atomic E-state index is -0.498. The van der Waals surface area contributed by atoms with Crippen molar-refractivity contribution in [2.75, 3.05) is 19.0 Å². The number of anilines is 1. The van der Waals surface area contributed by atoms with Crippen LogP contribution in [-0.2, 0) is 0 Å². The van der Waals surface area contributed by atoms with Crippen molar-refractivity contribution in [2.24, 2.45) is 0 Å². The SMILES string of the molecule is C[N+]1([O-])CNc2ccnc(Cl)c21. The Bertz CT molecular complexity index is 326. The van der Waals surface area contributed by atoms with Crippen molar-refractivity contribution in [1.29, 1.82) is 0 Å². The van der Waals surface area contributed by atoms with Gasteiger partial charge < -0.3 is 15.2 Å². The molecule has 0 aliphatic carbocycles. The van der Waals surface area contributed by atoms with Gasteiger partial charge in [-0.1, -0.05) is 11.6 Å². The van der Waals surface area contributed by atoms with E-state index in [9.17, 15) is 5.21 Å². The molecular weight excluding hydrogens is 178 g/mol. The third-order valence-electron chi connectivity index (χ3n) is 1.92. The van der Waals surface area contributed by atoms with Crippen LogP contribution in [0.2, 0.25) is 5.15 Å². The van der Waals surface area contributed by atoms with Gasteiger partial charge in [0.25, 0.3) is 0 Å². The number of fused-ring (bicyclic) bond motifs is 1. The molecule has 5 heteroatoms. The molecule has 12 heavy (non-hydrogen) atoms. The number of hydrogen-bond donors (Lipinski definition) is 1. The fourth-order valence-electron chi connectivity index (χ4n) is 1.34. The molecule has 0 amide bonds. The van der Waals surface area contributed by atoms with Crippen LogP contribution in [0.25, 0.3) is 0 Å². The molecule has 2 rings (SSSR count). The maximum absolute atomic E-state index is 11.7. The van der Waals surface area contributed by atoms with Crippen molar-refractivity contribution in [3.63, 3.8) is 0 Å². The van der Waals surface area contributed by atoms with Gasteiger partial charge in [-0.15, -0.1) is 0 Å². The second-order valence-electron chi connectivity index (χ2n) is 2.93. The number of quaternary nitrogens is 1. The first-order valence-electron chi connectivity index (χ1n) is 3.57. The van der Waals surface area contributed by atoms with E-state index in [2.05, 4.69) is 10.3 Å². The molecule has 1 aliphatic rings. The summed E-state index contributed by atoms with van der Waals surface area (Å²) in [6.07, 6.45) is 1.58. The zero-order chi connectivity index (χ0) is 8.77. The summed E-state index contributed by atoms with van der Waals surface area (Å²) in [5.74, 6) is 0. The van der Waals surface area contributed by atoms with Gasteiger partial charge in [-0.05, 0) is 6.07 Å². The van der Waals surface area contributed by atoms with Crippen LogP contribution in [-0.4, -0.2) is 18.7 Å². The summed E-state index contributed by atoms with van der Waals surface area (Å²) in [6, 6.07) is 1.75. The number of hydrogen-bond acceptors (Lipinski definition) is 3. The van der Waals surface area contributed by atoms with Crippen molar-refractivity contribution < 1.29 is 0 Å². The molecule has 1 unspecified atom stereocenters. The molecule has 1 aliphatic heterocycles. The summed E-state index contributed by atoms with van der Waals surface area (Å²) in [5, 5.41) is 15.0. The first kappa shape index (κ1) is 7.79. The van der Waals surface area contributed by atoms with Gasteiger partial charge in [0, 0.05) is 6.20 Å². The van der Waals surface area contributed by atoms with Crippen LogP contribution >= 0.6 is 11.6 Å². The zero-order valence-corrected chi connectivity index (χ0v) is 7.30. The molecule has 1 N–H and O–H groups in total. The van der Waals surface area contributed by atoms with Crippen LogP contribution in [0.15, 0.2) is 12.3 Å². The Labute approximate surface area is 74.9 Å². The first-order chi connectivity index (χ1) is 5.61. The van der Waals surface area contributed by atoms with Gasteiger partial charge in [-0.2, -0.15) is 0 Å². The van der Waals surface area contributed by atoms with E-state index in [1.807, 2.05) is 0 Å². The Morgan fingerprint density at radius 2 is 2.50 bits per heavy atom. The monoisotopic (exact) mass is 185 g/mol. The number of nitrogens with one attached hydrogen (secondary N) is 1. The van der Waals surface area contributed by atoms with Crippen LogP contribution in [0.5, 0.6) is 0 Å². The summed E-state index contributed by atoms with van der Waals surface area (Å²) >= 11 is 5.79. The molecule has 1 aromatic heterocycles. The van der Waals surface area contributed by atoms with E-state index in [4.69, 9.17) is 11.6 Å². The minimum absolute atomic E-state index is 0.287. The van der Waals surface area contributed by atoms with Crippen molar-refractivity contribution in [3.8, 4) is 0 Å². The van der Waals surface area contributed by atoms with Crippen LogP contribution in [0, 0.1) is 5.21 Å². The summed E-state index contributed by atoms with van der Waals surface area (Å²) in [6.45, 7) is 0.320. The maximum atomic E-state index is 11.7. The van der Waals surface area contributed by atoms with E-state index in [1.54, 1.807) is 19.3 Å². The predicted molar refractivity (Wildman–Crippen MR) is 48.8 cm³/mol. The standard InChI is InChI=1S/C7H8ClN3O/c1-11(12)4-10-5-2-3-9-7(8)6(5)11/h2-3,10H,4H2,1H3. The van der Waals surface area contributed by atoms with Gasteiger partial charge in [-0.3, -0.25) is 0 Å². The first-order valence-corrected chi connectivity index (χ1v) is 3.94. The Hall–Kier alpha value is -0.840. The average Bonchev–Trinajstić information content (AvgIpc) is 2.29. The molecule has 1 aromatic rings. The second kappa shape index (κ2) is 2.32. The van der Waals surface area contributed by atoms with E-state index >= 15 is 0 Å². The topological polar surface area (TPSA) is 48.0 Å². The zero-order valence-electron chi connectivity index (χ0n) is 6.54. The molecule has 0 saturated heterocycles. The molecule has 0 spiro atoms. The minimum Gasteiger partial charge on any atom is -0.626 e. The van der Waals surface area contributed by atoms with Gasteiger partial charge in [-0.25, -0.2) is 4.98 Å². The number of rotatable bonds is 0. The van der Waals surface area contributed by atoms with Gasteiger partial charge >= 0.3 is 0 Å². The Morgan fingerprint density at radius 3 is 3.17 bits per heavy atom. The molecular formula is C7H8ClN3O. The fourth-order valence-corrected chi connectivity index (χ4v) is 1.67. The largest absolute Gasteiger partial charge is 0.626 e. The quantitative estimate of drug-likeness (QED) is 0.379. The molecule has 0 bridgehead atoms. The number of pyridine rings is 1. The van der Waals surface area contributed by atoms with E-state index in [-0.39, 0.29) is 5.15 Å². The summed E-state index contributed by atoms with van der Waals surface area (Å²) < 4.78 is -0.498. The molecule has 0 saturated carbocycles. The number of halogens is 1. The molecule has 2 heterocycles. The van der Waals surface area contributed by atoms with Crippen molar-refractivity contribution in [2.45, 2.75) is 0 Å². The van der Waals surface area contributed by atoms with E-state index < -0.39 is 4.65 Å². The average molecular weight is 186 g/mol. The lowest BCUT2D eigenvalue weighted by atomic mass is 10.3. The number of nitrogens with zero attached hydrogens (tertiary/aromatic N) is 2. The van der Waals surface area contributed by atoms with Crippen LogP contribution < -0.4 is 9.96 Å². The van der Waals surface area contributed by atoms with Crippen molar-refractivity contribution in [3.05, 3.63) is 22.6 Å². The Balaban J connectivity index is 2.64. The maximum Gasteiger partial charge on any atom is 0.195 e. The fraction of sp³-hybridized carbons (Fsp3) is 0.286. The summed E-state index contributed by atoms with van der Waals surface area (Å²) in [7, 11) is 1.55. The number of aromatic nitrogens is 1. The van der Waals surface area contributed by atoms with Crippen molar-refractivity contribution >= 4 is 23.0 Å². The highest BCUT2D eigenvalue weighted by Crippen LogP contribution is 2.39. The van der Waals surface area contributed by atoms with Gasteiger partial charge in [0.1, 0.15) is 5.69 Å². The summed E-state index contributed by atoms with van der Waals surface area (Å²) in [5.41, 5.74) is 1.31. The molecule has 0 radical (unpaired) electrons. The third kappa shape index (κ3) is 0.964. The van der Waals surface area contributed by atoms with E-state index in [0.717, 1.165) is 5.69 Å². The Morgan fingerprint density at radius 1 is 1.75 bits per heavy atom. The molecule has 1 atom stereocenters. The third-order valence-corrected chi connectivity index (χ3v) is 2.20. The van der Waals surface area contributed by atoms with Gasteiger partial charge in [0.05, 0.1) is 7.05 Å². The van der Waals surface area contributed by atoms with Gasteiger partial charge in [0.15, 0.2) is 17.5 Å². The lowest BCUT2D eigenvalue weighted by Gasteiger charge is -2.32. The molecule has 4 nitrogen and oxygen atoms in total. The lowest BCUT2D eigenvalue weighted by molar-refractivity contribution is 0.500.